The standard InChI is InChI=1S/C50H36Cl4N12O26S8.6Na/c51-35-38-42(92-40-28(60-38)4-6-30(44(40)100(88,89)90)56-8-2-10-58-50-64-46(62-48(54)66-50)26-16-22(94(70,71)72)12-20-14-24(96(76,77)78)18-32(34(20)26)98(82,83)84)36(52)37-41(35)91-39-27(59-37)3-5-29(43(39)99(85,86)87)55-7-1-9-57-49-63-45(61-47(53)65-49)25-15-21(93(67,68)69)11-19-13-23(95(73,74)75)17-31(33(19)25)97(79,80)81;;;;;;/h3-6,11-18,55,59H,1-2,7-10H2,(H,67,68,69)(H,70,71,72)(H,73,74,75)(H,76,77,78)(H,79,80,81)(H,82,83,84)(H,85,86,87)(H,88,89,90)(H,57,61,63,65)(H,58,62,64,66);;;;;;/q;6*+1/p-6. The molecule has 6 aromatic carbocycles. The first-order valence-electron chi connectivity index (χ1n) is 26.7. The summed E-state index contributed by atoms with van der Waals surface area (Å²) in [5.41, 5.74) is -3.06. The third kappa shape index (κ3) is 20.7. The van der Waals surface area contributed by atoms with Gasteiger partial charge in [0.05, 0.1) is 46.1 Å². The summed E-state index contributed by atoms with van der Waals surface area (Å²) in [4.78, 5) is 23.1. The molecule has 2 aromatic heterocycles. The van der Waals surface area contributed by atoms with Crippen molar-refractivity contribution in [1.29, 1.82) is 0 Å². The first-order valence-corrected chi connectivity index (χ1v) is 39.5. The van der Waals surface area contributed by atoms with Crippen LogP contribution in [0, 0.1) is 0 Å². The summed E-state index contributed by atoms with van der Waals surface area (Å²) in [7, 11) is -43.8. The molecule has 2 aliphatic heterocycles. The molecule has 528 valence electrons. The predicted molar refractivity (Wildman–Crippen MR) is 339 cm³/mol. The second-order valence-electron chi connectivity index (χ2n) is 20.6. The zero-order chi connectivity index (χ0) is 73.1. The van der Waals surface area contributed by atoms with Gasteiger partial charge in [0, 0.05) is 48.1 Å². The summed E-state index contributed by atoms with van der Waals surface area (Å²) in [5, 5.41) is 5.71. The van der Waals surface area contributed by atoms with Gasteiger partial charge in [-0.3, -0.25) is 14.1 Å². The number of aromatic nitrogens is 7. The Morgan fingerprint density at radius 3 is 1.34 bits per heavy atom. The van der Waals surface area contributed by atoms with Crippen molar-refractivity contribution in [2.45, 2.75) is 52.0 Å². The Labute approximate surface area is 751 Å². The molecule has 1 aliphatic carbocycles. The molecule has 0 unspecified atom stereocenters. The molecule has 6 N–H and O–H groups in total. The number of benzene rings is 7. The molecular formula is C50H30Cl4N12Na6O26S8. The summed E-state index contributed by atoms with van der Waals surface area (Å²) in [6, 6.07) is 8.41. The quantitative estimate of drug-likeness (QED) is 0.0168. The number of hydrogen-bond donors (Lipinski definition) is 6. The van der Waals surface area contributed by atoms with Gasteiger partial charge in [-0.25, -0.2) is 55.5 Å². The average Bonchev–Trinajstić information content (AvgIpc) is 0.752. The molecule has 0 saturated heterocycles. The second-order valence-corrected chi connectivity index (χ2v) is 32.9. The van der Waals surface area contributed by atoms with Gasteiger partial charge >= 0.3 is 187 Å². The molecule has 0 spiro atoms. The van der Waals surface area contributed by atoms with E-state index in [0.717, 1.165) is 6.07 Å². The topological polar surface area (TPSA) is 625 Å². The Bertz CT molecular complexity index is 6310. The number of ether oxygens (including phenoxy) is 1. The molecular weight excluding hydrogens is 1720 g/mol. The number of nitrogens with one attached hydrogen (secondary N) is 4. The molecule has 0 amide bonds. The third-order valence-electron chi connectivity index (χ3n) is 14.0. The Kier molecular flexibility index (Phi) is 31.5. The third-order valence-corrected chi connectivity index (χ3v) is 21.9. The molecule has 4 heterocycles. The molecule has 106 heavy (non-hydrogen) atoms. The van der Waals surface area contributed by atoms with Gasteiger partial charge in [-0.15, -0.1) is 0 Å². The molecule has 3 aliphatic rings. The van der Waals surface area contributed by atoms with Crippen molar-refractivity contribution in [2.75, 3.05) is 47.4 Å². The molecule has 0 bridgehead atoms. The van der Waals surface area contributed by atoms with Crippen LogP contribution >= 0.6 is 46.4 Å². The summed E-state index contributed by atoms with van der Waals surface area (Å²) in [5.74, 6) is -3.75. The van der Waals surface area contributed by atoms with Crippen LogP contribution in [0.4, 0.5) is 29.0 Å². The van der Waals surface area contributed by atoms with Gasteiger partial charge in [-0.1, -0.05) is 23.2 Å². The maximum absolute atomic E-state index is 13.2. The number of rotatable bonds is 21. The number of anilines is 5. The van der Waals surface area contributed by atoms with Crippen molar-refractivity contribution in [1.82, 2.24) is 34.9 Å². The van der Waals surface area contributed by atoms with E-state index in [1.807, 2.05) is 0 Å². The molecule has 0 radical (unpaired) electrons. The zero-order valence-electron chi connectivity index (χ0n) is 54.2. The van der Waals surface area contributed by atoms with Crippen LogP contribution in [0.2, 0.25) is 20.6 Å². The first-order chi connectivity index (χ1) is 46.2. The summed E-state index contributed by atoms with van der Waals surface area (Å²) < 4.78 is 305. The summed E-state index contributed by atoms with van der Waals surface area (Å²) in [6.07, 6.45) is -0.0376. The van der Waals surface area contributed by atoms with Crippen molar-refractivity contribution in [3.63, 3.8) is 0 Å². The Hall–Kier alpha value is -2.08. The molecule has 8 aromatic rings. The van der Waals surface area contributed by atoms with Crippen molar-refractivity contribution in [2.24, 2.45) is 4.99 Å². The van der Waals surface area contributed by atoms with E-state index >= 15 is 0 Å². The fourth-order valence-electron chi connectivity index (χ4n) is 10.0. The number of fused-ring (bicyclic) bond motifs is 6. The maximum Gasteiger partial charge on any atom is 1.00 e. The Morgan fingerprint density at radius 1 is 0.472 bits per heavy atom. The fourth-order valence-corrected chi connectivity index (χ4v) is 16.2. The SMILES string of the molecule is O=S(=O)([O-])c1cc(-c2nc(Cl)nc(NCCCN=c3ccc4nc5c(Cl)c6c(c(Cl)c5oc-4c3S(=O)(=O)O)Nc3ccc(NCCCNc4nc(Cl)nc(-c5cc(S(=O)(=O)[O-])cc7cc(S(=O)(=O)[O-])cc(S(=O)(=O)[O-])c57)n4)c(S(=O)(=O)O)c3O6)n2)c2c(S(=O)(=O)[O-])cc(S(=O)(=O)[O-])cc2c1.[Na+].[Na+].[Na+].[Na+].[Na+].[Na+]. The largest absolute Gasteiger partial charge is 1.00 e. The van der Waals surface area contributed by atoms with Gasteiger partial charge < -0.3 is 57.7 Å². The molecule has 56 heteroatoms. The van der Waals surface area contributed by atoms with Gasteiger partial charge in [-0.2, -0.15) is 46.7 Å². The van der Waals surface area contributed by atoms with Crippen molar-refractivity contribution in [3.05, 3.63) is 98.8 Å². The van der Waals surface area contributed by atoms with Crippen molar-refractivity contribution >= 4 is 189 Å². The smallest absolute Gasteiger partial charge is 0.744 e. The van der Waals surface area contributed by atoms with Gasteiger partial charge in [-0.05, 0) is 120 Å². The van der Waals surface area contributed by atoms with Gasteiger partial charge in [0.1, 0.15) is 87.7 Å². The van der Waals surface area contributed by atoms with Crippen LogP contribution in [-0.2, 0) is 80.9 Å². The van der Waals surface area contributed by atoms with Crippen molar-refractivity contribution in [3.8, 4) is 45.7 Å². The van der Waals surface area contributed by atoms with E-state index in [0.29, 0.717) is 36.4 Å². The van der Waals surface area contributed by atoms with E-state index in [-0.39, 0.29) is 257 Å². The fraction of sp³-hybridized carbons (Fsp3) is 0.120. The minimum Gasteiger partial charge on any atom is -0.744 e. The van der Waals surface area contributed by atoms with E-state index in [1.54, 1.807) is 0 Å². The summed E-state index contributed by atoms with van der Waals surface area (Å²) >= 11 is 26.0. The van der Waals surface area contributed by atoms with Crippen LogP contribution in [0.1, 0.15) is 12.8 Å². The number of nitrogens with zero attached hydrogens (tertiary/aromatic N) is 8. The molecule has 38 nitrogen and oxygen atoms in total. The van der Waals surface area contributed by atoms with Crippen LogP contribution in [0.15, 0.2) is 121 Å². The van der Waals surface area contributed by atoms with Gasteiger partial charge in [0.15, 0.2) is 44.3 Å². The minimum atomic E-state index is -5.69. The first kappa shape index (κ1) is 94.5. The van der Waals surface area contributed by atoms with Crippen LogP contribution in [0.25, 0.3) is 66.9 Å². The van der Waals surface area contributed by atoms with Crippen LogP contribution < -0.4 is 209 Å². The van der Waals surface area contributed by atoms with Gasteiger partial charge in [0.2, 0.25) is 22.5 Å². The van der Waals surface area contributed by atoms with Crippen molar-refractivity contribution < 1.29 is 290 Å². The summed E-state index contributed by atoms with van der Waals surface area (Å²) in [6.45, 7) is -0.747. The molecule has 0 saturated carbocycles. The second kappa shape index (κ2) is 35.3. The van der Waals surface area contributed by atoms with Gasteiger partial charge in [0.25, 0.3) is 10.1 Å². The number of halogens is 4. The van der Waals surface area contributed by atoms with E-state index in [1.165, 1.54) is 18.2 Å². The van der Waals surface area contributed by atoms with Crippen LogP contribution in [0.3, 0.4) is 0 Å². The Balaban J connectivity index is 0.00000336. The normalized spacial score (nSPS) is 12.7. The van der Waals surface area contributed by atoms with Crippen LogP contribution in [0.5, 0.6) is 11.5 Å². The van der Waals surface area contributed by atoms with Crippen LogP contribution in [-0.4, -0.2) is 165 Å². The zero-order valence-corrected chi connectivity index (χ0v) is 75.8. The molecule has 0 atom stereocenters. The predicted octanol–water partition coefficient (Wildman–Crippen LogP) is -13.3. The van der Waals surface area contributed by atoms with E-state index < -0.39 is 225 Å². The maximum atomic E-state index is 13.2. The van der Waals surface area contributed by atoms with E-state index in [4.69, 9.17) is 55.6 Å². The Morgan fingerprint density at radius 2 is 0.906 bits per heavy atom. The molecule has 11 rings (SSSR count). The monoisotopic (exact) mass is 1750 g/mol. The minimum absolute atomic E-state index is 0. The van der Waals surface area contributed by atoms with E-state index in [2.05, 4.69) is 61.1 Å². The average molecular weight is 1750 g/mol. The molecule has 0 fully saturated rings. The van der Waals surface area contributed by atoms with E-state index in [9.17, 15) is 104 Å². The number of hydrogen-bond acceptors (Lipinski definition) is 36.